The lowest BCUT2D eigenvalue weighted by Gasteiger charge is -2.29. The van der Waals surface area contributed by atoms with Crippen LogP contribution >= 0.6 is 0 Å². The smallest absolute Gasteiger partial charge is 0.0579 e. The first-order valence-corrected chi connectivity index (χ1v) is 13.0. The average Bonchev–Trinajstić information content (AvgIpc) is 2.56. The van der Waals surface area contributed by atoms with Gasteiger partial charge in [-0.3, -0.25) is 0 Å². The quantitative estimate of drug-likeness (QED) is 0.246. The van der Waals surface area contributed by atoms with Crippen molar-refractivity contribution in [3.05, 3.63) is 0 Å². The Labute approximate surface area is 186 Å². The average molecular weight is 411 g/mol. The maximum absolute atomic E-state index is 6.82. The molecule has 1 heteroatoms. The lowest BCUT2D eigenvalue weighted by atomic mass is 9.83. The highest BCUT2D eigenvalue weighted by molar-refractivity contribution is 4.72. The predicted octanol–water partition coefficient (Wildman–Crippen LogP) is 9.83. The van der Waals surface area contributed by atoms with Crippen LogP contribution < -0.4 is 0 Å². The summed E-state index contributed by atoms with van der Waals surface area (Å²) < 4.78 is 6.82. The van der Waals surface area contributed by atoms with Gasteiger partial charge in [0.15, 0.2) is 0 Å². The molecule has 0 N–H and O–H groups in total. The number of hydrogen-bond donors (Lipinski definition) is 0. The third kappa shape index (κ3) is 18.4. The van der Waals surface area contributed by atoms with E-state index in [4.69, 9.17) is 4.74 Å². The van der Waals surface area contributed by atoms with E-state index in [0.29, 0.717) is 23.0 Å². The Bertz CT molecular complexity index is 337. The molecule has 0 saturated heterocycles. The highest BCUT2D eigenvalue weighted by atomic mass is 16.5. The van der Waals surface area contributed by atoms with Crippen molar-refractivity contribution in [3.8, 4) is 0 Å². The summed E-state index contributed by atoms with van der Waals surface area (Å²) in [6, 6.07) is 0. The maximum atomic E-state index is 6.82. The summed E-state index contributed by atoms with van der Waals surface area (Å²) in [5.74, 6) is 1.59. The van der Waals surface area contributed by atoms with Gasteiger partial charge in [0.1, 0.15) is 0 Å². The summed E-state index contributed by atoms with van der Waals surface area (Å²) in [5, 5.41) is 0. The second-order valence-corrected chi connectivity index (χ2v) is 12.6. The number of unbranched alkanes of at least 4 members (excludes halogenated alkanes) is 2. The zero-order valence-corrected chi connectivity index (χ0v) is 22.2. The van der Waals surface area contributed by atoms with Crippen LogP contribution in [-0.4, -0.2) is 12.2 Å². The Morgan fingerprint density at radius 3 is 1.17 bits per heavy atom. The van der Waals surface area contributed by atoms with Crippen molar-refractivity contribution >= 4 is 0 Å². The molecule has 4 atom stereocenters. The minimum atomic E-state index is 0.437. The fourth-order valence-corrected chi connectivity index (χ4v) is 4.93. The summed E-state index contributed by atoms with van der Waals surface area (Å²) in [5.41, 5.74) is 0.873. The first kappa shape index (κ1) is 29.0. The van der Waals surface area contributed by atoms with Gasteiger partial charge in [0, 0.05) is 0 Å². The van der Waals surface area contributed by atoms with E-state index in [9.17, 15) is 0 Å². The highest BCUT2D eigenvalue weighted by Gasteiger charge is 2.21. The molecule has 4 unspecified atom stereocenters. The molecule has 0 aliphatic carbocycles. The predicted molar refractivity (Wildman–Crippen MR) is 133 cm³/mol. The van der Waals surface area contributed by atoms with Gasteiger partial charge in [0.2, 0.25) is 0 Å². The first-order valence-electron chi connectivity index (χ1n) is 13.0. The van der Waals surface area contributed by atoms with E-state index >= 15 is 0 Å². The SMILES string of the molecule is CCCCC(CCC(C)CC(C)(C)C)OC(CCCC)CCC(C)CC(C)(C)C. The van der Waals surface area contributed by atoms with Gasteiger partial charge in [0.05, 0.1) is 12.2 Å². The van der Waals surface area contributed by atoms with Crippen LogP contribution in [0.2, 0.25) is 0 Å². The molecule has 0 radical (unpaired) electrons. The monoisotopic (exact) mass is 410 g/mol. The lowest BCUT2D eigenvalue weighted by Crippen LogP contribution is -2.24. The van der Waals surface area contributed by atoms with Gasteiger partial charge in [-0.1, -0.05) is 94.9 Å². The summed E-state index contributed by atoms with van der Waals surface area (Å²) in [6.07, 6.45) is 16.4. The molecule has 0 aromatic heterocycles. The van der Waals surface area contributed by atoms with Crippen LogP contribution in [-0.2, 0) is 4.74 Å². The Kier molecular flexibility index (Phi) is 14.9. The van der Waals surface area contributed by atoms with Crippen LogP contribution in [0.25, 0.3) is 0 Å². The Balaban J connectivity index is 4.74. The molecule has 1 nitrogen and oxygen atoms in total. The molecule has 0 saturated carbocycles. The minimum Gasteiger partial charge on any atom is -0.375 e. The van der Waals surface area contributed by atoms with Crippen molar-refractivity contribution in [3.63, 3.8) is 0 Å². The molecule has 29 heavy (non-hydrogen) atoms. The summed E-state index contributed by atoms with van der Waals surface area (Å²) >= 11 is 0. The maximum Gasteiger partial charge on any atom is 0.0579 e. The molecule has 0 rings (SSSR count). The van der Waals surface area contributed by atoms with Crippen LogP contribution in [0.1, 0.15) is 146 Å². The van der Waals surface area contributed by atoms with Gasteiger partial charge in [-0.05, 0) is 74.0 Å². The van der Waals surface area contributed by atoms with Crippen LogP contribution in [0.15, 0.2) is 0 Å². The molecule has 0 aromatic carbocycles. The van der Waals surface area contributed by atoms with Crippen LogP contribution in [0.3, 0.4) is 0 Å². The van der Waals surface area contributed by atoms with Crippen molar-refractivity contribution < 1.29 is 4.74 Å². The zero-order chi connectivity index (χ0) is 22.5. The molecule has 0 heterocycles. The van der Waals surface area contributed by atoms with Gasteiger partial charge in [-0.15, -0.1) is 0 Å². The van der Waals surface area contributed by atoms with E-state index in [1.807, 2.05) is 0 Å². The first-order chi connectivity index (χ1) is 13.4. The van der Waals surface area contributed by atoms with Gasteiger partial charge < -0.3 is 4.74 Å². The third-order valence-corrected chi connectivity index (χ3v) is 6.03. The van der Waals surface area contributed by atoms with E-state index < -0.39 is 0 Å². The van der Waals surface area contributed by atoms with E-state index in [1.165, 1.54) is 77.0 Å². The van der Waals surface area contributed by atoms with E-state index in [-0.39, 0.29) is 0 Å². The summed E-state index contributed by atoms with van der Waals surface area (Å²) in [4.78, 5) is 0. The largest absolute Gasteiger partial charge is 0.375 e. The minimum absolute atomic E-state index is 0.437. The molecule has 176 valence electrons. The molecule has 0 amide bonds. The van der Waals surface area contributed by atoms with Crippen molar-refractivity contribution in [2.24, 2.45) is 22.7 Å². The van der Waals surface area contributed by atoms with Gasteiger partial charge in [-0.25, -0.2) is 0 Å². The lowest BCUT2D eigenvalue weighted by molar-refractivity contribution is -0.0355. The van der Waals surface area contributed by atoms with Crippen molar-refractivity contribution in [2.45, 2.75) is 158 Å². The van der Waals surface area contributed by atoms with Crippen molar-refractivity contribution in [1.29, 1.82) is 0 Å². The third-order valence-electron chi connectivity index (χ3n) is 6.03. The molecule has 0 aromatic rings. The normalized spacial score (nSPS) is 17.2. The molecule has 0 aliphatic rings. The molecule has 0 aliphatic heterocycles. The van der Waals surface area contributed by atoms with Gasteiger partial charge >= 0.3 is 0 Å². The second-order valence-electron chi connectivity index (χ2n) is 12.6. The van der Waals surface area contributed by atoms with Crippen molar-refractivity contribution in [1.82, 2.24) is 0 Å². The molecule has 0 spiro atoms. The van der Waals surface area contributed by atoms with E-state index in [2.05, 4.69) is 69.2 Å². The van der Waals surface area contributed by atoms with E-state index in [1.54, 1.807) is 0 Å². The Morgan fingerprint density at radius 1 is 0.552 bits per heavy atom. The standard InChI is InChI=1S/C28H58O/c1-11-13-15-25(19-17-23(3)21-27(5,6)7)29-26(16-14-12-2)20-18-24(4)22-28(8,9)10/h23-26H,11-22H2,1-10H3. The molecular formula is C28H58O. The number of hydrogen-bond acceptors (Lipinski definition) is 1. The highest BCUT2D eigenvalue weighted by Crippen LogP contribution is 2.30. The Morgan fingerprint density at radius 2 is 0.897 bits per heavy atom. The molecule has 0 bridgehead atoms. The van der Waals surface area contributed by atoms with E-state index in [0.717, 1.165) is 11.8 Å². The summed E-state index contributed by atoms with van der Waals surface area (Å²) in [7, 11) is 0. The molecular weight excluding hydrogens is 352 g/mol. The Hall–Kier alpha value is -0.0400. The van der Waals surface area contributed by atoms with Crippen LogP contribution in [0.4, 0.5) is 0 Å². The van der Waals surface area contributed by atoms with Crippen LogP contribution in [0.5, 0.6) is 0 Å². The van der Waals surface area contributed by atoms with Crippen molar-refractivity contribution in [2.75, 3.05) is 0 Å². The number of ether oxygens (including phenoxy) is 1. The second kappa shape index (κ2) is 14.9. The fraction of sp³-hybridized carbons (Fsp3) is 1.00. The topological polar surface area (TPSA) is 9.23 Å². The van der Waals surface area contributed by atoms with Crippen LogP contribution in [0, 0.1) is 22.7 Å². The van der Waals surface area contributed by atoms with Gasteiger partial charge in [0.25, 0.3) is 0 Å². The summed E-state index contributed by atoms with van der Waals surface area (Å²) in [6.45, 7) is 23.7. The molecule has 0 fully saturated rings. The van der Waals surface area contributed by atoms with Gasteiger partial charge in [-0.2, -0.15) is 0 Å². The zero-order valence-electron chi connectivity index (χ0n) is 22.2. The fourth-order valence-electron chi connectivity index (χ4n) is 4.93. The number of rotatable bonds is 16.